The molecular formula is C21H23Cl2NO2S. The minimum Gasteiger partial charge on any atom is -0.493 e. The van der Waals surface area contributed by atoms with Crippen molar-refractivity contribution in [3.63, 3.8) is 0 Å². The molecule has 0 saturated carbocycles. The molecule has 2 aromatic carbocycles. The molecule has 1 heterocycles. The molecule has 0 aromatic heterocycles. The molecule has 3 nitrogen and oxygen atoms in total. The monoisotopic (exact) mass is 423 g/mol. The number of nitrogens with zero attached hydrogens (tertiary/aromatic N) is 1. The first-order valence-electron chi connectivity index (χ1n) is 9.03. The molecule has 0 unspecified atom stereocenters. The Labute approximate surface area is 176 Å². The maximum Gasteiger partial charge on any atom is 0.171 e. The van der Waals surface area contributed by atoms with Crippen molar-refractivity contribution in [2.24, 2.45) is 5.92 Å². The van der Waals surface area contributed by atoms with Gasteiger partial charge in [-0.25, -0.2) is 0 Å². The summed E-state index contributed by atoms with van der Waals surface area (Å²) < 4.78 is 11.7. The topological polar surface area (TPSA) is 21.7 Å². The van der Waals surface area contributed by atoms with Crippen molar-refractivity contribution in [2.75, 3.05) is 20.2 Å². The van der Waals surface area contributed by atoms with E-state index in [1.54, 1.807) is 19.2 Å². The van der Waals surface area contributed by atoms with Crippen LogP contribution in [-0.4, -0.2) is 30.1 Å². The fraction of sp³-hybridized carbons (Fsp3) is 0.381. The molecule has 0 radical (unpaired) electrons. The SMILES string of the molecule is COc1cccc(C(=S)N2CCC(C)CC2)c1OCc1c(Cl)cccc1Cl. The molecule has 0 atom stereocenters. The average Bonchev–Trinajstić information content (AvgIpc) is 2.67. The number of para-hydroxylation sites is 1. The van der Waals surface area contributed by atoms with Gasteiger partial charge in [-0.1, -0.05) is 54.5 Å². The fourth-order valence-electron chi connectivity index (χ4n) is 3.19. The van der Waals surface area contributed by atoms with Crippen LogP contribution in [0.15, 0.2) is 36.4 Å². The summed E-state index contributed by atoms with van der Waals surface area (Å²) in [4.78, 5) is 3.04. The zero-order chi connectivity index (χ0) is 19.4. The summed E-state index contributed by atoms with van der Waals surface area (Å²) >= 11 is 18.3. The predicted molar refractivity (Wildman–Crippen MR) is 115 cm³/mol. The molecule has 1 saturated heterocycles. The first kappa shape index (κ1) is 20.2. The van der Waals surface area contributed by atoms with E-state index in [2.05, 4.69) is 11.8 Å². The van der Waals surface area contributed by atoms with Crippen LogP contribution >= 0.6 is 35.4 Å². The van der Waals surface area contributed by atoms with Crippen molar-refractivity contribution in [2.45, 2.75) is 26.4 Å². The van der Waals surface area contributed by atoms with Crippen LogP contribution in [0.5, 0.6) is 11.5 Å². The molecule has 0 amide bonds. The van der Waals surface area contributed by atoms with Crippen molar-refractivity contribution in [1.82, 2.24) is 4.90 Å². The maximum absolute atomic E-state index is 6.28. The Morgan fingerprint density at radius 2 is 1.74 bits per heavy atom. The lowest BCUT2D eigenvalue weighted by Gasteiger charge is -2.33. The van der Waals surface area contributed by atoms with Gasteiger partial charge in [-0.05, 0) is 43.0 Å². The number of halogens is 2. The van der Waals surface area contributed by atoms with Gasteiger partial charge in [0.25, 0.3) is 0 Å². The first-order valence-corrected chi connectivity index (χ1v) is 10.2. The Hall–Kier alpha value is -1.49. The Bertz CT molecular complexity index is 800. The highest BCUT2D eigenvalue weighted by Gasteiger charge is 2.23. The van der Waals surface area contributed by atoms with Gasteiger partial charge in [-0.2, -0.15) is 0 Å². The second-order valence-electron chi connectivity index (χ2n) is 6.80. The third kappa shape index (κ3) is 4.68. The van der Waals surface area contributed by atoms with Gasteiger partial charge in [0.1, 0.15) is 11.6 Å². The van der Waals surface area contributed by atoms with Gasteiger partial charge in [0.15, 0.2) is 11.5 Å². The van der Waals surface area contributed by atoms with Crippen molar-refractivity contribution < 1.29 is 9.47 Å². The highest BCUT2D eigenvalue weighted by molar-refractivity contribution is 7.80. The number of ether oxygens (including phenoxy) is 2. The largest absolute Gasteiger partial charge is 0.493 e. The van der Waals surface area contributed by atoms with E-state index in [4.69, 9.17) is 44.9 Å². The van der Waals surface area contributed by atoms with E-state index in [9.17, 15) is 0 Å². The Kier molecular flexibility index (Phi) is 6.85. The normalized spacial score (nSPS) is 14.9. The summed E-state index contributed by atoms with van der Waals surface area (Å²) in [5.41, 5.74) is 1.61. The molecule has 0 N–H and O–H groups in total. The van der Waals surface area contributed by atoms with Crippen LogP contribution in [0.25, 0.3) is 0 Å². The molecule has 2 aromatic rings. The Morgan fingerprint density at radius 1 is 1.11 bits per heavy atom. The third-order valence-electron chi connectivity index (χ3n) is 4.92. The number of methoxy groups -OCH3 is 1. The maximum atomic E-state index is 6.28. The van der Waals surface area contributed by atoms with Crippen LogP contribution in [0.2, 0.25) is 10.0 Å². The highest BCUT2D eigenvalue weighted by Crippen LogP contribution is 2.35. The predicted octanol–water partition coefficient (Wildman–Crippen LogP) is 5.99. The molecule has 0 spiro atoms. The molecule has 0 aliphatic carbocycles. The Balaban J connectivity index is 1.86. The van der Waals surface area contributed by atoms with Gasteiger partial charge < -0.3 is 14.4 Å². The molecular weight excluding hydrogens is 401 g/mol. The van der Waals surface area contributed by atoms with Crippen molar-refractivity contribution in [1.29, 1.82) is 0 Å². The average molecular weight is 424 g/mol. The summed E-state index contributed by atoms with van der Waals surface area (Å²) in [5.74, 6) is 2.01. The number of hydrogen-bond donors (Lipinski definition) is 0. The Morgan fingerprint density at radius 3 is 2.37 bits per heavy atom. The van der Waals surface area contributed by atoms with Crippen molar-refractivity contribution in [3.05, 3.63) is 57.6 Å². The summed E-state index contributed by atoms with van der Waals surface area (Å²) in [7, 11) is 1.63. The van der Waals surface area contributed by atoms with Gasteiger partial charge in [0, 0.05) is 28.7 Å². The fourth-order valence-corrected chi connectivity index (χ4v) is 4.04. The number of piperidine rings is 1. The lowest BCUT2D eigenvalue weighted by Crippen LogP contribution is -2.37. The lowest BCUT2D eigenvalue weighted by atomic mass is 9.98. The van der Waals surface area contributed by atoms with Crippen LogP contribution in [-0.2, 0) is 6.61 Å². The number of likely N-dealkylation sites (tertiary alicyclic amines) is 1. The molecule has 6 heteroatoms. The van der Waals surface area contributed by atoms with Gasteiger partial charge in [0.05, 0.1) is 12.7 Å². The molecule has 1 aliphatic rings. The number of benzene rings is 2. The van der Waals surface area contributed by atoms with Crippen LogP contribution in [0.4, 0.5) is 0 Å². The standard InChI is InChI=1S/C21H23Cl2NO2S/c1-14-9-11-24(12-10-14)21(27)15-5-3-8-19(25-2)20(15)26-13-16-17(22)6-4-7-18(16)23/h3-8,14H,9-13H2,1-2H3. The van der Waals surface area contributed by atoms with Crippen LogP contribution < -0.4 is 9.47 Å². The van der Waals surface area contributed by atoms with Crippen LogP contribution in [0.3, 0.4) is 0 Å². The van der Waals surface area contributed by atoms with E-state index in [0.717, 1.165) is 48.0 Å². The lowest BCUT2D eigenvalue weighted by molar-refractivity contribution is 0.275. The molecule has 1 aliphatic heterocycles. The molecule has 3 rings (SSSR count). The molecule has 1 fully saturated rings. The van der Waals surface area contributed by atoms with E-state index < -0.39 is 0 Å². The molecule has 144 valence electrons. The second-order valence-corrected chi connectivity index (χ2v) is 8.00. The van der Waals surface area contributed by atoms with Gasteiger partial charge in [-0.3, -0.25) is 0 Å². The van der Waals surface area contributed by atoms with Crippen LogP contribution in [0, 0.1) is 5.92 Å². The quantitative estimate of drug-likeness (QED) is 0.550. The van der Waals surface area contributed by atoms with E-state index in [-0.39, 0.29) is 6.61 Å². The summed E-state index contributed by atoms with van der Waals surface area (Å²) in [6.07, 6.45) is 2.30. The third-order valence-corrected chi connectivity index (χ3v) is 6.11. The smallest absolute Gasteiger partial charge is 0.171 e. The van der Waals surface area contributed by atoms with Crippen molar-refractivity contribution >= 4 is 40.4 Å². The molecule has 0 bridgehead atoms. The van der Waals surface area contributed by atoms with Gasteiger partial charge >= 0.3 is 0 Å². The summed E-state index contributed by atoms with van der Waals surface area (Å²) in [5, 5.41) is 1.15. The summed E-state index contributed by atoms with van der Waals surface area (Å²) in [6.45, 7) is 4.46. The van der Waals surface area contributed by atoms with E-state index >= 15 is 0 Å². The number of hydrogen-bond acceptors (Lipinski definition) is 3. The summed E-state index contributed by atoms with van der Waals surface area (Å²) in [6, 6.07) is 11.2. The highest BCUT2D eigenvalue weighted by atomic mass is 35.5. The zero-order valence-electron chi connectivity index (χ0n) is 15.5. The zero-order valence-corrected chi connectivity index (χ0v) is 17.8. The van der Waals surface area contributed by atoms with Gasteiger partial charge in [0.2, 0.25) is 0 Å². The van der Waals surface area contributed by atoms with E-state index in [0.29, 0.717) is 21.5 Å². The molecule has 27 heavy (non-hydrogen) atoms. The second kappa shape index (κ2) is 9.13. The number of thiocarbonyl (C=S) groups is 1. The van der Waals surface area contributed by atoms with E-state index in [1.165, 1.54) is 0 Å². The number of rotatable bonds is 5. The van der Waals surface area contributed by atoms with Crippen molar-refractivity contribution in [3.8, 4) is 11.5 Å². The van der Waals surface area contributed by atoms with Crippen LogP contribution in [0.1, 0.15) is 30.9 Å². The minimum atomic E-state index is 0.242. The first-order chi connectivity index (χ1) is 13.0. The van der Waals surface area contributed by atoms with E-state index in [1.807, 2.05) is 24.3 Å². The minimum absolute atomic E-state index is 0.242. The van der Waals surface area contributed by atoms with Gasteiger partial charge in [-0.15, -0.1) is 0 Å².